The first-order chi connectivity index (χ1) is 32.6. The number of carbonyl (C=O) groups excluding carboxylic acids is 2. The third-order valence-electron chi connectivity index (χ3n) is 12.0. The van der Waals surface area contributed by atoms with Gasteiger partial charge in [0.1, 0.15) is 18.7 Å². The number of nitrogens with one attached hydrogen (secondary N) is 2. The van der Waals surface area contributed by atoms with Crippen LogP contribution in [0.3, 0.4) is 0 Å². The Labute approximate surface area is 407 Å². The number of hydrogen-bond donors (Lipinski definition) is 5. The molecule has 2 aliphatic heterocycles. The lowest BCUT2D eigenvalue weighted by atomic mass is 9.97. The summed E-state index contributed by atoms with van der Waals surface area (Å²) in [6.07, 6.45) is 16.7. The maximum Gasteiger partial charge on any atom is 0.338 e. The molecule has 5 heterocycles. The Morgan fingerprint density at radius 3 is 1.96 bits per heavy atom. The van der Waals surface area contributed by atoms with Crippen LogP contribution < -0.4 is 49.7 Å². The van der Waals surface area contributed by atoms with Crippen LogP contribution in [0.25, 0.3) is 0 Å². The smallest absolute Gasteiger partial charge is 0.338 e. The molecule has 3 atom stereocenters. The summed E-state index contributed by atoms with van der Waals surface area (Å²) in [7, 11) is 0. The molecule has 0 saturated carbocycles. The molecule has 68 heavy (non-hydrogen) atoms. The number of nitrogens with two attached hydrogens (primary N) is 2. The summed E-state index contributed by atoms with van der Waals surface area (Å²) in [5.74, 6) is 4.15. The van der Waals surface area contributed by atoms with E-state index in [-0.39, 0.29) is 42.7 Å². The molecular formula is C44H76ClN18O5+. The Morgan fingerprint density at radius 2 is 1.37 bits per heavy atom. The molecule has 3 aromatic heterocycles. The minimum Gasteiger partial charge on any atom is -1.00 e. The number of anilines is 3. The van der Waals surface area contributed by atoms with Gasteiger partial charge in [-0.3, -0.25) is 26.0 Å². The van der Waals surface area contributed by atoms with Crippen LogP contribution in [-0.4, -0.2) is 184 Å². The van der Waals surface area contributed by atoms with Gasteiger partial charge >= 0.3 is 5.96 Å². The van der Waals surface area contributed by atoms with Gasteiger partial charge in [-0.1, -0.05) is 50.0 Å². The van der Waals surface area contributed by atoms with Crippen molar-refractivity contribution in [1.82, 2.24) is 54.7 Å². The molecule has 2 fully saturated rings. The van der Waals surface area contributed by atoms with E-state index in [9.17, 15) is 9.59 Å². The molecule has 2 amide bonds. The number of carbonyl (C=O) groups is 2. The van der Waals surface area contributed by atoms with Gasteiger partial charge in [0.05, 0.1) is 57.5 Å². The minimum absolute atomic E-state index is 0. The quantitative estimate of drug-likeness (QED) is 0.0181. The molecule has 0 radical (unpaired) electrons. The average Bonchev–Trinajstić information content (AvgIpc) is 4.02. The molecule has 0 aliphatic carbocycles. The molecule has 0 bridgehead atoms. The van der Waals surface area contributed by atoms with Gasteiger partial charge in [0, 0.05) is 71.3 Å². The first kappa shape index (κ1) is 55.2. The number of aryl methyl sites for hydroxylation is 2. The highest BCUT2D eigenvalue weighted by atomic mass is 35.5. The fraction of sp³-hybridized carbons (Fsp3) is 0.727. The van der Waals surface area contributed by atoms with E-state index in [0.717, 1.165) is 62.9 Å². The van der Waals surface area contributed by atoms with Crippen LogP contribution in [0.1, 0.15) is 89.2 Å². The SMILES string of the molecule is C#CCOCCOCCOCCNc1nc(N2CCN(C(=O)[C@H]([C@@H](C)CC)n3cc(CCC[NH+]=C(N)N)nn3)CC2)nc(N2CCN(C(=O)[C@H](CCCC[NH3+])n3cc(CCCC)nn3)CC2)n1.[Cl-]. The van der Waals surface area contributed by atoms with E-state index in [0.29, 0.717) is 129 Å². The third kappa shape index (κ3) is 17.3. The summed E-state index contributed by atoms with van der Waals surface area (Å²) >= 11 is 0. The number of terminal acetylenes is 1. The van der Waals surface area contributed by atoms with Gasteiger partial charge in [-0.25, -0.2) is 9.36 Å². The van der Waals surface area contributed by atoms with Gasteiger partial charge < -0.3 is 57.3 Å². The zero-order valence-corrected chi connectivity index (χ0v) is 41.2. The number of quaternary nitrogens is 1. The lowest BCUT2D eigenvalue weighted by Crippen LogP contribution is -3.00. The van der Waals surface area contributed by atoms with Gasteiger partial charge in [0.2, 0.25) is 29.7 Å². The van der Waals surface area contributed by atoms with Crippen LogP contribution >= 0.6 is 0 Å². The van der Waals surface area contributed by atoms with Gasteiger partial charge in [-0.15, -0.1) is 16.6 Å². The summed E-state index contributed by atoms with van der Waals surface area (Å²) in [5, 5.41) is 20.9. The van der Waals surface area contributed by atoms with Gasteiger partial charge in [0.25, 0.3) is 0 Å². The molecule has 0 aromatic carbocycles. The minimum atomic E-state index is -0.487. The molecule has 23 nitrogen and oxygen atoms in total. The van der Waals surface area contributed by atoms with E-state index in [2.05, 4.69) is 73.2 Å². The Bertz CT molecular complexity index is 1990. The van der Waals surface area contributed by atoms with E-state index in [1.807, 2.05) is 22.2 Å². The second-order valence-electron chi connectivity index (χ2n) is 17.0. The highest BCUT2D eigenvalue weighted by Gasteiger charge is 2.35. The largest absolute Gasteiger partial charge is 1.00 e. The Morgan fingerprint density at radius 1 is 0.794 bits per heavy atom. The lowest BCUT2D eigenvalue weighted by molar-refractivity contribution is -0.459. The lowest BCUT2D eigenvalue weighted by Gasteiger charge is -2.38. The highest BCUT2D eigenvalue weighted by Crippen LogP contribution is 2.26. The topological polar surface area (TPSA) is 281 Å². The summed E-state index contributed by atoms with van der Waals surface area (Å²) in [5.41, 5.74) is 16.8. The van der Waals surface area contributed by atoms with Gasteiger partial charge in [-0.05, 0) is 50.9 Å². The number of halogens is 1. The molecule has 9 N–H and O–H groups in total. The number of amides is 2. The number of ether oxygens (including phenoxy) is 3. The predicted octanol–water partition coefficient (Wildman–Crippen LogP) is -4.98. The van der Waals surface area contributed by atoms with Crippen molar-refractivity contribution in [3.05, 3.63) is 23.8 Å². The fourth-order valence-corrected chi connectivity index (χ4v) is 7.90. The van der Waals surface area contributed by atoms with Crippen molar-refractivity contribution in [2.75, 3.05) is 127 Å². The van der Waals surface area contributed by atoms with E-state index < -0.39 is 12.1 Å². The molecule has 2 aliphatic rings. The van der Waals surface area contributed by atoms with E-state index in [1.165, 1.54) is 0 Å². The van der Waals surface area contributed by atoms with Gasteiger partial charge in [0.15, 0.2) is 0 Å². The third-order valence-corrected chi connectivity index (χ3v) is 12.0. The van der Waals surface area contributed by atoms with Crippen molar-refractivity contribution < 1.29 is 46.9 Å². The Kier molecular flexibility index (Phi) is 24.5. The molecule has 5 rings (SSSR count). The van der Waals surface area contributed by atoms with Crippen LogP contribution in [0, 0.1) is 18.3 Å². The van der Waals surface area contributed by atoms with Crippen molar-refractivity contribution in [2.45, 2.75) is 90.6 Å². The monoisotopic (exact) mass is 972 g/mol. The number of aromatic nitrogens is 9. The fourth-order valence-electron chi connectivity index (χ4n) is 7.90. The standard InChI is InChI=1S/C44H74N18O5.ClH/c1-5-8-12-35-32-61(55-53-35)37(14-9-10-15-45)39(63)57-18-22-59(23-19-57)43-50-42(49-17-27-66-29-31-67-30-28-65-26-6-2)51-44(52-43)60-24-20-58(21-25-60)40(64)38(34(4)7-3)62-33-36(54-56-62)13-11-16-48-41(46)47;/h2,32-34,37-38H,5,7-31,45H2,1,3-4H3,(H4,46,47,48)(H,49,50,51,52);1H/p+1/t34-,37-,38-;/m0./s1. The predicted molar refractivity (Wildman–Crippen MR) is 253 cm³/mol. The molecule has 378 valence electrons. The second-order valence-corrected chi connectivity index (χ2v) is 17.0. The van der Waals surface area contributed by atoms with E-state index in [4.69, 9.17) is 47.1 Å². The molecule has 2 saturated heterocycles. The molecule has 3 aromatic rings. The van der Waals surface area contributed by atoms with Crippen molar-refractivity contribution >= 4 is 35.6 Å². The number of guanidine groups is 1. The van der Waals surface area contributed by atoms with Crippen LogP contribution in [0.2, 0.25) is 0 Å². The average molecular weight is 973 g/mol. The maximum absolute atomic E-state index is 14.2. The van der Waals surface area contributed by atoms with Crippen molar-refractivity contribution in [3.8, 4) is 12.3 Å². The van der Waals surface area contributed by atoms with Crippen LogP contribution in [0.5, 0.6) is 0 Å². The van der Waals surface area contributed by atoms with E-state index in [1.54, 1.807) is 9.36 Å². The zero-order chi connectivity index (χ0) is 47.8. The number of nitrogens with zero attached hydrogens (tertiary/aromatic N) is 13. The van der Waals surface area contributed by atoms with Crippen molar-refractivity contribution in [3.63, 3.8) is 0 Å². The summed E-state index contributed by atoms with van der Waals surface area (Å²) in [6, 6.07) is -0.907. The molecule has 24 heteroatoms. The first-order valence-corrected chi connectivity index (χ1v) is 24.1. The maximum atomic E-state index is 14.2. The van der Waals surface area contributed by atoms with Gasteiger partial charge in [-0.2, -0.15) is 15.0 Å². The highest BCUT2D eigenvalue weighted by molar-refractivity contribution is 5.81. The van der Waals surface area contributed by atoms with Crippen LogP contribution in [0.4, 0.5) is 17.8 Å². The summed E-state index contributed by atoms with van der Waals surface area (Å²) in [6.45, 7) is 14.7. The molecule has 0 spiro atoms. The molecule has 0 unspecified atom stereocenters. The number of piperazine rings is 2. The summed E-state index contributed by atoms with van der Waals surface area (Å²) < 4.78 is 20.0. The zero-order valence-electron chi connectivity index (χ0n) is 40.4. The van der Waals surface area contributed by atoms with E-state index >= 15 is 0 Å². The number of rotatable bonds is 30. The van der Waals surface area contributed by atoms with Crippen molar-refractivity contribution in [2.24, 2.45) is 17.4 Å². The first-order valence-electron chi connectivity index (χ1n) is 24.1. The van der Waals surface area contributed by atoms with Crippen LogP contribution in [0.15, 0.2) is 12.4 Å². The van der Waals surface area contributed by atoms with Crippen molar-refractivity contribution in [1.29, 1.82) is 0 Å². The number of hydrogen-bond acceptors (Lipinski definition) is 15. The Hall–Kier alpha value is -5.41. The second kappa shape index (κ2) is 30.2. The normalized spacial score (nSPS) is 15.3. The summed E-state index contributed by atoms with van der Waals surface area (Å²) in [4.78, 5) is 54.0. The number of unbranched alkanes of at least 4 members (excludes halogenated alkanes) is 2. The Balaban J connectivity index is 0.0000101. The van der Waals surface area contributed by atoms with Crippen LogP contribution in [-0.2, 0) is 36.6 Å². The molecular weight excluding hydrogens is 896 g/mol.